The lowest BCUT2D eigenvalue weighted by Crippen LogP contribution is -2.41. The number of rotatable bonds is 1. The van der Waals surface area contributed by atoms with Gasteiger partial charge in [-0.3, -0.25) is 0 Å². The van der Waals surface area contributed by atoms with Gasteiger partial charge < -0.3 is 14.8 Å². The van der Waals surface area contributed by atoms with E-state index in [0.29, 0.717) is 11.7 Å². The van der Waals surface area contributed by atoms with E-state index in [1.165, 1.54) is 12.1 Å². The average molecular weight is 273 g/mol. The minimum absolute atomic E-state index is 0.000105. The van der Waals surface area contributed by atoms with Crippen molar-refractivity contribution in [3.05, 3.63) is 23.8 Å². The lowest BCUT2D eigenvalue weighted by molar-refractivity contribution is -0.274. The van der Waals surface area contributed by atoms with Crippen molar-refractivity contribution in [3.8, 4) is 11.5 Å². The van der Waals surface area contributed by atoms with Gasteiger partial charge in [0.1, 0.15) is 17.6 Å². The van der Waals surface area contributed by atoms with Crippen LogP contribution in [0.15, 0.2) is 18.2 Å². The third kappa shape index (κ3) is 2.49. The number of fused-ring (bicyclic) bond motifs is 3. The van der Waals surface area contributed by atoms with Crippen LogP contribution in [0, 0.1) is 5.92 Å². The third-order valence-corrected chi connectivity index (χ3v) is 3.52. The summed E-state index contributed by atoms with van der Waals surface area (Å²) < 4.78 is 46.1. The van der Waals surface area contributed by atoms with Crippen molar-refractivity contribution in [2.24, 2.45) is 5.92 Å². The van der Waals surface area contributed by atoms with Gasteiger partial charge in [0.25, 0.3) is 0 Å². The number of alkyl halides is 3. The molecular formula is C13H14F3NO2. The number of hydrogen-bond donors (Lipinski definition) is 1. The standard InChI is InChI=1S/C13H14F3NO2/c1-7-4-11-12(17-6-7)9-3-2-8(5-10(9)18-11)19-13(14,15)16/h2-3,5,7,11-12,17H,4,6H2,1H3/t7-,11+,12+/m1/s1. The SMILES string of the molecule is C[C@H]1CN[C@H]2c3ccc(OC(F)(F)F)cc3O[C@H]2C1. The summed E-state index contributed by atoms with van der Waals surface area (Å²) in [5.41, 5.74) is 0.909. The van der Waals surface area contributed by atoms with Gasteiger partial charge in [-0.1, -0.05) is 6.92 Å². The Morgan fingerprint density at radius 2 is 2.16 bits per heavy atom. The number of halogens is 3. The minimum Gasteiger partial charge on any atom is -0.488 e. The first-order chi connectivity index (χ1) is 8.92. The topological polar surface area (TPSA) is 30.5 Å². The predicted molar refractivity (Wildman–Crippen MR) is 62.1 cm³/mol. The molecule has 1 N–H and O–H groups in total. The van der Waals surface area contributed by atoms with Gasteiger partial charge in [0.2, 0.25) is 0 Å². The summed E-state index contributed by atoms with van der Waals surface area (Å²) in [6.45, 7) is 3.01. The summed E-state index contributed by atoms with van der Waals surface area (Å²) in [6, 6.07) is 4.36. The van der Waals surface area contributed by atoms with Gasteiger partial charge in [-0.05, 0) is 31.0 Å². The highest BCUT2D eigenvalue weighted by Crippen LogP contribution is 2.43. The van der Waals surface area contributed by atoms with Gasteiger partial charge in [0, 0.05) is 11.6 Å². The van der Waals surface area contributed by atoms with E-state index in [-0.39, 0.29) is 17.9 Å². The second-order valence-electron chi connectivity index (χ2n) is 5.13. The Hall–Kier alpha value is -1.43. The van der Waals surface area contributed by atoms with Crippen LogP contribution < -0.4 is 14.8 Å². The van der Waals surface area contributed by atoms with Crippen LogP contribution in [0.2, 0.25) is 0 Å². The van der Waals surface area contributed by atoms with Crippen LogP contribution in [0.25, 0.3) is 0 Å². The largest absolute Gasteiger partial charge is 0.573 e. The van der Waals surface area contributed by atoms with E-state index in [0.717, 1.165) is 18.5 Å². The molecular weight excluding hydrogens is 259 g/mol. The third-order valence-electron chi connectivity index (χ3n) is 3.52. The quantitative estimate of drug-likeness (QED) is 0.853. The first-order valence-corrected chi connectivity index (χ1v) is 6.22. The lowest BCUT2D eigenvalue weighted by atomic mass is 9.91. The van der Waals surface area contributed by atoms with Crippen LogP contribution in [0.3, 0.4) is 0 Å². The molecule has 104 valence electrons. The molecule has 1 aromatic rings. The maximum atomic E-state index is 12.2. The van der Waals surface area contributed by atoms with E-state index in [9.17, 15) is 13.2 Å². The molecule has 0 spiro atoms. The maximum absolute atomic E-state index is 12.2. The summed E-state index contributed by atoms with van der Waals surface area (Å²) in [6.07, 6.45) is -3.77. The van der Waals surface area contributed by atoms with Gasteiger partial charge >= 0.3 is 6.36 Å². The minimum atomic E-state index is -4.67. The van der Waals surface area contributed by atoms with E-state index in [2.05, 4.69) is 17.0 Å². The fourth-order valence-electron chi connectivity index (χ4n) is 2.74. The molecule has 19 heavy (non-hydrogen) atoms. The molecule has 3 atom stereocenters. The molecule has 0 amide bonds. The molecule has 0 unspecified atom stereocenters. The summed E-state index contributed by atoms with van der Waals surface area (Å²) in [5, 5.41) is 3.37. The molecule has 0 radical (unpaired) electrons. The van der Waals surface area contributed by atoms with Crippen molar-refractivity contribution in [3.63, 3.8) is 0 Å². The van der Waals surface area contributed by atoms with Crippen molar-refractivity contribution in [1.29, 1.82) is 0 Å². The summed E-state index contributed by atoms with van der Waals surface area (Å²) in [7, 11) is 0. The first-order valence-electron chi connectivity index (χ1n) is 6.22. The molecule has 1 fully saturated rings. The summed E-state index contributed by atoms with van der Waals surface area (Å²) in [5.74, 6) is 0.748. The van der Waals surface area contributed by atoms with Crippen LogP contribution in [-0.4, -0.2) is 19.0 Å². The zero-order valence-corrected chi connectivity index (χ0v) is 10.3. The van der Waals surface area contributed by atoms with Crippen LogP contribution in [0.1, 0.15) is 24.9 Å². The molecule has 1 aromatic carbocycles. The molecule has 3 nitrogen and oxygen atoms in total. The smallest absolute Gasteiger partial charge is 0.488 e. The van der Waals surface area contributed by atoms with Crippen LogP contribution in [0.4, 0.5) is 13.2 Å². The van der Waals surface area contributed by atoms with Crippen molar-refractivity contribution >= 4 is 0 Å². The lowest BCUT2D eigenvalue weighted by Gasteiger charge is -2.29. The highest BCUT2D eigenvalue weighted by Gasteiger charge is 2.39. The molecule has 2 aliphatic heterocycles. The van der Waals surface area contributed by atoms with Gasteiger partial charge in [-0.25, -0.2) is 0 Å². The fourth-order valence-corrected chi connectivity index (χ4v) is 2.74. The molecule has 0 aliphatic carbocycles. The molecule has 0 bridgehead atoms. The number of ether oxygens (including phenoxy) is 2. The second-order valence-corrected chi connectivity index (χ2v) is 5.13. The van der Waals surface area contributed by atoms with Gasteiger partial charge in [0.05, 0.1) is 6.04 Å². The monoisotopic (exact) mass is 273 g/mol. The Kier molecular flexibility index (Phi) is 2.85. The van der Waals surface area contributed by atoms with E-state index < -0.39 is 6.36 Å². The number of benzene rings is 1. The van der Waals surface area contributed by atoms with E-state index in [1.807, 2.05) is 0 Å². The van der Waals surface area contributed by atoms with E-state index in [1.54, 1.807) is 6.07 Å². The van der Waals surface area contributed by atoms with E-state index >= 15 is 0 Å². The van der Waals surface area contributed by atoms with E-state index in [4.69, 9.17) is 4.74 Å². The molecule has 2 heterocycles. The molecule has 3 rings (SSSR count). The number of hydrogen-bond acceptors (Lipinski definition) is 3. The Morgan fingerprint density at radius 3 is 2.89 bits per heavy atom. The predicted octanol–water partition coefficient (Wildman–Crippen LogP) is 3.02. The van der Waals surface area contributed by atoms with Gasteiger partial charge in [0.15, 0.2) is 0 Å². The number of nitrogens with one attached hydrogen (secondary N) is 1. The summed E-state index contributed by atoms with van der Waals surface area (Å²) in [4.78, 5) is 0. The van der Waals surface area contributed by atoms with Crippen molar-refractivity contribution in [2.75, 3.05) is 6.54 Å². The van der Waals surface area contributed by atoms with Crippen LogP contribution in [-0.2, 0) is 0 Å². The van der Waals surface area contributed by atoms with Gasteiger partial charge in [-0.2, -0.15) is 0 Å². The zero-order chi connectivity index (χ0) is 13.6. The van der Waals surface area contributed by atoms with Gasteiger partial charge in [-0.15, -0.1) is 13.2 Å². The second kappa shape index (κ2) is 4.30. The fraction of sp³-hybridized carbons (Fsp3) is 0.538. The Morgan fingerprint density at radius 1 is 1.37 bits per heavy atom. The van der Waals surface area contributed by atoms with Crippen molar-refractivity contribution < 1.29 is 22.6 Å². The van der Waals surface area contributed by atoms with Crippen molar-refractivity contribution in [2.45, 2.75) is 31.9 Å². The molecule has 6 heteroatoms. The first kappa shape index (κ1) is 12.6. The Bertz CT molecular complexity index is 489. The molecule has 0 saturated carbocycles. The molecule has 2 aliphatic rings. The van der Waals surface area contributed by atoms with Crippen molar-refractivity contribution in [1.82, 2.24) is 5.32 Å². The Labute approximate surface area is 108 Å². The highest BCUT2D eigenvalue weighted by atomic mass is 19.4. The summed E-state index contributed by atoms with van der Waals surface area (Å²) >= 11 is 0. The normalized spacial score (nSPS) is 29.4. The average Bonchev–Trinajstić information content (AvgIpc) is 2.62. The Balaban J connectivity index is 1.83. The zero-order valence-electron chi connectivity index (χ0n) is 10.3. The van der Waals surface area contributed by atoms with Crippen LogP contribution in [0.5, 0.6) is 11.5 Å². The maximum Gasteiger partial charge on any atom is 0.573 e. The van der Waals surface area contributed by atoms with Crippen LogP contribution >= 0.6 is 0 Å². The molecule has 0 aromatic heterocycles. The number of piperidine rings is 1. The highest BCUT2D eigenvalue weighted by molar-refractivity contribution is 5.46. The molecule has 1 saturated heterocycles.